The molecule has 0 N–H and O–H groups in total. The van der Waals surface area contributed by atoms with E-state index in [4.69, 9.17) is 9.47 Å². The van der Waals surface area contributed by atoms with Gasteiger partial charge in [0.05, 0.1) is 24.1 Å². The highest BCUT2D eigenvalue weighted by molar-refractivity contribution is 7.93. The monoisotopic (exact) mass is 519 g/mol. The summed E-state index contributed by atoms with van der Waals surface area (Å²) in [7, 11) is -4.12. The highest BCUT2D eigenvalue weighted by atomic mass is 32.2. The van der Waals surface area contributed by atoms with E-state index in [1.165, 1.54) is 37.3 Å². The molecule has 2 aromatic rings. The highest BCUT2D eigenvalue weighted by Gasteiger charge is 2.70. The van der Waals surface area contributed by atoms with Crippen molar-refractivity contribution in [2.24, 2.45) is 0 Å². The van der Waals surface area contributed by atoms with Crippen molar-refractivity contribution in [1.82, 2.24) is 19.9 Å². The quantitative estimate of drug-likeness (QED) is 0.147. The Labute approximate surface area is 204 Å². The number of sulfone groups is 1. The van der Waals surface area contributed by atoms with Gasteiger partial charge in [0.25, 0.3) is 5.69 Å². The predicted molar refractivity (Wildman–Crippen MR) is 120 cm³/mol. The number of fused-ring (bicyclic) bond motifs is 1. The van der Waals surface area contributed by atoms with Crippen LogP contribution in [0.15, 0.2) is 43.1 Å². The highest BCUT2D eigenvalue weighted by Crippen LogP contribution is 2.47. The van der Waals surface area contributed by atoms with Crippen molar-refractivity contribution in [3.8, 4) is 0 Å². The lowest BCUT2D eigenvalue weighted by atomic mass is 9.96. The summed E-state index contributed by atoms with van der Waals surface area (Å²) in [5.74, 6) is -2.34. The summed E-state index contributed by atoms with van der Waals surface area (Å²) in [5.41, 5.74) is 0.127. The summed E-state index contributed by atoms with van der Waals surface area (Å²) in [6, 6.07) is 3.74. The first-order chi connectivity index (χ1) is 17.0. The molecule has 0 saturated carbocycles. The van der Waals surface area contributed by atoms with Crippen LogP contribution < -0.4 is 0 Å². The molecule has 2 fully saturated rings. The van der Waals surface area contributed by atoms with E-state index in [0.717, 1.165) is 15.8 Å². The van der Waals surface area contributed by atoms with Crippen molar-refractivity contribution in [3.05, 3.63) is 64.5 Å². The molecule has 0 spiro atoms. The molecule has 0 unspecified atom stereocenters. The topological polar surface area (TPSA) is 181 Å². The number of esters is 2. The molecular formula is C21H21N5O9S. The van der Waals surface area contributed by atoms with Crippen LogP contribution in [0.25, 0.3) is 0 Å². The lowest BCUT2D eigenvalue weighted by Gasteiger charge is -2.36. The Hall–Kier alpha value is -4.14. The molecule has 1 aromatic carbocycles. The number of nitro benzene ring substituents is 1. The second-order valence-electron chi connectivity index (χ2n) is 8.42. The molecule has 4 rings (SSSR count). The van der Waals surface area contributed by atoms with E-state index in [9.17, 15) is 32.9 Å². The third-order valence-electron chi connectivity index (χ3n) is 6.19. The normalized spacial score (nSPS) is 23.9. The zero-order valence-corrected chi connectivity index (χ0v) is 19.8. The van der Waals surface area contributed by atoms with Gasteiger partial charge < -0.3 is 14.4 Å². The maximum atomic E-state index is 13.4. The lowest BCUT2D eigenvalue weighted by Crippen LogP contribution is -2.58. The number of ether oxygens (including phenoxy) is 2. The van der Waals surface area contributed by atoms with Crippen LogP contribution in [0, 0.1) is 10.1 Å². The number of nitro groups is 1. The van der Waals surface area contributed by atoms with Crippen LogP contribution in [-0.2, 0) is 42.1 Å². The largest absolute Gasteiger partial charge is 0.459 e. The molecule has 3 heterocycles. The van der Waals surface area contributed by atoms with Gasteiger partial charge in [-0.1, -0.05) is 17.9 Å². The Balaban J connectivity index is 1.61. The van der Waals surface area contributed by atoms with E-state index in [1.807, 2.05) is 0 Å². The second kappa shape index (κ2) is 9.14. The molecule has 0 bridgehead atoms. The van der Waals surface area contributed by atoms with Gasteiger partial charge in [0.1, 0.15) is 23.3 Å². The Morgan fingerprint density at radius 2 is 2.00 bits per heavy atom. The number of non-ortho nitro benzene ring substituents is 1. The third-order valence-corrected chi connectivity index (χ3v) is 8.95. The van der Waals surface area contributed by atoms with Gasteiger partial charge in [-0.25, -0.2) is 22.7 Å². The molecule has 2 aliphatic rings. The third kappa shape index (κ3) is 4.00. The van der Waals surface area contributed by atoms with Crippen molar-refractivity contribution in [3.63, 3.8) is 0 Å². The minimum atomic E-state index is -4.12. The van der Waals surface area contributed by atoms with Crippen LogP contribution in [-0.4, -0.2) is 73.9 Å². The maximum Gasteiger partial charge on any atom is 0.358 e. The molecule has 0 radical (unpaired) electrons. The van der Waals surface area contributed by atoms with E-state index in [2.05, 4.69) is 16.9 Å². The van der Waals surface area contributed by atoms with Gasteiger partial charge in [-0.05, 0) is 24.6 Å². The number of hydrogen-bond acceptors (Lipinski definition) is 11. The summed E-state index contributed by atoms with van der Waals surface area (Å²) in [4.78, 5) is 49.1. The first-order valence-electron chi connectivity index (χ1n) is 10.6. The van der Waals surface area contributed by atoms with Crippen LogP contribution in [0.3, 0.4) is 0 Å². The Morgan fingerprint density at radius 1 is 1.31 bits per heavy atom. The van der Waals surface area contributed by atoms with Crippen molar-refractivity contribution in [1.29, 1.82) is 0 Å². The number of nitrogens with zero attached hydrogens (tertiary/aromatic N) is 5. The van der Waals surface area contributed by atoms with Crippen LogP contribution in [0.5, 0.6) is 0 Å². The zero-order chi connectivity index (χ0) is 26.3. The van der Waals surface area contributed by atoms with E-state index in [-0.39, 0.29) is 31.0 Å². The number of hydrogen-bond donors (Lipinski definition) is 0. The number of carbonyl (C=O) groups is 3. The van der Waals surface area contributed by atoms with E-state index >= 15 is 0 Å². The van der Waals surface area contributed by atoms with Crippen molar-refractivity contribution < 1.29 is 37.2 Å². The molecule has 2 saturated heterocycles. The molecule has 1 aromatic heterocycles. The summed E-state index contributed by atoms with van der Waals surface area (Å²) >= 11 is 0. The standard InChI is InChI=1S/C21H21N5O9S/c1-3-8-34-19(28)15-10-22-23-24(15)12-21(2)18(25-16(27)9-17(25)36(21,32)33)20(29)35-11-13-4-6-14(7-5-13)26(30)31/h3-7,10,17-18H,1,8-9,11-12H2,2H3/t17-,18+,21+/m1/s1. The van der Waals surface area contributed by atoms with E-state index in [0.29, 0.717) is 5.56 Å². The lowest BCUT2D eigenvalue weighted by molar-refractivity contribution is -0.384. The maximum absolute atomic E-state index is 13.4. The average Bonchev–Trinajstić information content (AvgIpc) is 3.34. The Kier molecular flexibility index (Phi) is 6.34. The van der Waals surface area contributed by atoms with Gasteiger partial charge in [-0.2, -0.15) is 0 Å². The van der Waals surface area contributed by atoms with Gasteiger partial charge >= 0.3 is 11.9 Å². The molecule has 36 heavy (non-hydrogen) atoms. The van der Waals surface area contributed by atoms with E-state index in [1.54, 1.807) is 0 Å². The second-order valence-corrected chi connectivity index (χ2v) is 11.0. The fourth-order valence-electron chi connectivity index (χ4n) is 4.26. The molecule has 190 valence electrons. The molecule has 1 amide bonds. The van der Waals surface area contributed by atoms with Gasteiger partial charge in [0.2, 0.25) is 5.91 Å². The number of aromatic nitrogens is 3. The summed E-state index contributed by atoms with van der Waals surface area (Å²) in [6.45, 7) is 3.85. The minimum absolute atomic E-state index is 0.0957. The predicted octanol–water partition coefficient (Wildman–Crippen LogP) is 0.387. The van der Waals surface area contributed by atoms with Gasteiger partial charge in [-0.15, -0.1) is 5.10 Å². The SMILES string of the molecule is C=CCOC(=O)c1cnnn1C[C@@]1(C)[C@H](C(=O)OCc2ccc([N+](=O)[O-])cc2)N2C(=O)C[C@H]2S1(=O)=O. The van der Waals surface area contributed by atoms with Gasteiger partial charge in [0, 0.05) is 12.1 Å². The van der Waals surface area contributed by atoms with Crippen molar-refractivity contribution >= 4 is 33.4 Å². The van der Waals surface area contributed by atoms with Crippen molar-refractivity contribution in [2.75, 3.05) is 6.61 Å². The van der Waals surface area contributed by atoms with Crippen LogP contribution in [0.1, 0.15) is 29.4 Å². The fourth-order valence-corrected chi connectivity index (χ4v) is 6.60. The van der Waals surface area contributed by atoms with E-state index < -0.39 is 55.3 Å². The van der Waals surface area contributed by atoms with Crippen LogP contribution in [0.2, 0.25) is 0 Å². The summed E-state index contributed by atoms with van der Waals surface area (Å²) in [6.07, 6.45) is 2.16. The van der Waals surface area contributed by atoms with Crippen LogP contribution >= 0.6 is 0 Å². The molecule has 0 aliphatic carbocycles. The van der Waals surface area contributed by atoms with Crippen molar-refractivity contribution in [2.45, 2.75) is 42.7 Å². The molecule has 14 nitrogen and oxygen atoms in total. The number of amides is 1. The fraction of sp³-hybridized carbons (Fsp3) is 0.381. The molecule has 2 aliphatic heterocycles. The first-order valence-corrected chi connectivity index (χ1v) is 12.2. The molecule has 15 heteroatoms. The molecular weight excluding hydrogens is 498 g/mol. The Morgan fingerprint density at radius 3 is 2.61 bits per heavy atom. The van der Waals surface area contributed by atoms with Gasteiger partial charge in [0.15, 0.2) is 21.6 Å². The smallest absolute Gasteiger partial charge is 0.358 e. The number of β-lactam (4-membered cyclic amide) rings is 1. The van der Waals surface area contributed by atoms with Gasteiger partial charge in [-0.3, -0.25) is 14.9 Å². The number of rotatable bonds is 9. The van der Waals surface area contributed by atoms with Crippen LogP contribution in [0.4, 0.5) is 5.69 Å². The zero-order valence-electron chi connectivity index (χ0n) is 19.0. The Bertz CT molecular complexity index is 1350. The number of carbonyl (C=O) groups excluding carboxylic acids is 3. The average molecular weight is 519 g/mol. The number of benzene rings is 1. The first kappa shape index (κ1) is 25.0. The minimum Gasteiger partial charge on any atom is -0.459 e. The summed E-state index contributed by atoms with van der Waals surface area (Å²) in [5, 5.41) is 17.0. The molecule has 3 atom stereocenters. The summed E-state index contributed by atoms with van der Waals surface area (Å²) < 4.78 is 36.3.